The van der Waals surface area contributed by atoms with Gasteiger partial charge < -0.3 is 15.1 Å². The van der Waals surface area contributed by atoms with Crippen molar-refractivity contribution in [1.82, 2.24) is 15.1 Å². The molecule has 1 N–H and O–H groups in total. The summed E-state index contributed by atoms with van der Waals surface area (Å²) in [5, 5.41) is 3.75. The Bertz CT molecular complexity index is 206. The molecule has 1 aliphatic rings. The van der Waals surface area contributed by atoms with Gasteiger partial charge in [0.2, 0.25) is 0 Å². The molecule has 1 rings (SSSR count). The molecule has 0 aromatic carbocycles. The fourth-order valence-electron chi connectivity index (χ4n) is 2.89. The third-order valence-electron chi connectivity index (χ3n) is 4.04. The van der Waals surface area contributed by atoms with Gasteiger partial charge in [0.05, 0.1) is 0 Å². The Kier molecular flexibility index (Phi) is 7.87. The zero-order chi connectivity index (χ0) is 13.4. The first-order valence-electron chi connectivity index (χ1n) is 7.70. The molecule has 0 saturated heterocycles. The van der Waals surface area contributed by atoms with Crippen LogP contribution in [0, 0.1) is 5.92 Å². The van der Waals surface area contributed by atoms with E-state index in [0.29, 0.717) is 0 Å². The highest BCUT2D eigenvalue weighted by Gasteiger charge is 2.25. The first-order valence-corrected chi connectivity index (χ1v) is 7.70. The van der Waals surface area contributed by atoms with E-state index < -0.39 is 0 Å². The van der Waals surface area contributed by atoms with Crippen LogP contribution in [-0.4, -0.2) is 63.2 Å². The molecule has 0 aromatic heterocycles. The topological polar surface area (TPSA) is 18.5 Å². The van der Waals surface area contributed by atoms with Gasteiger partial charge in [-0.15, -0.1) is 0 Å². The minimum Gasteiger partial charge on any atom is -0.314 e. The van der Waals surface area contributed by atoms with Crippen LogP contribution in [0.3, 0.4) is 0 Å². The largest absolute Gasteiger partial charge is 0.314 e. The first-order chi connectivity index (χ1) is 8.63. The Labute approximate surface area is 114 Å². The fourth-order valence-corrected chi connectivity index (χ4v) is 2.89. The van der Waals surface area contributed by atoms with E-state index in [4.69, 9.17) is 0 Å². The van der Waals surface area contributed by atoms with Crippen LogP contribution in [0.5, 0.6) is 0 Å². The van der Waals surface area contributed by atoms with Crippen LogP contribution in [0.4, 0.5) is 0 Å². The standard InChI is InChI=1S/C15H33N3/c1-5-10-16-15-9-7-6-8-14(15)13-18(4)12-11-17(2)3/h14-16H,5-13H2,1-4H3. The maximum Gasteiger partial charge on any atom is 0.0107 e. The van der Waals surface area contributed by atoms with Crippen LogP contribution in [0.1, 0.15) is 39.0 Å². The quantitative estimate of drug-likeness (QED) is 0.716. The van der Waals surface area contributed by atoms with E-state index >= 15 is 0 Å². The van der Waals surface area contributed by atoms with Crippen LogP contribution >= 0.6 is 0 Å². The van der Waals surface area contributed by atoms with E-state index in [1.807, 2.05) is 0 Å². The van der Waals surface area contributed by atoms with Gasteiger partial charge in [-0.3, -0.25) is 0 Å². The van der Waals surface area contributed by atoms with E-state index in [9.17, 15) is 0 Å². The van der Waals surface area contributed by atoms with E-state index in [1.54, 1.807) is 0 Å². The van der Waals surface area contributed by atoms with Gasteiger partial charge in [0, 0.05) is 25.7 Å². The summed E-state index contributed by atoms with van der Waals surface area (Å²) in [6.45, 7) is 7.05. The van der Waals surface area contributed by atoms with Crippen LogP contribution in [0.15, 0.2) is 0 Å². The van der Waals surface area contributed by atoms with Crippen molar-refractivity contribution >= 4 is 0 Å². The number of nitrogens with one attached hydrogen (secondary N) is 1. The molecule has 1 saturated carbocycles. The normalized spacial score (nSPS) is 25.0. The minimum absolute atomic E-state index is 0.764. The second kappa shape index (κ2) is 8.89. The maximum atomic E-state index is 3.75. The Hall–Kier alpha value is -0.120. The van der Waals surface area contributed by atoms with Gasteiger partial charge in [-0.05, 0) is 52.9 Å². The van der Waals surface area contributed by atoms with E-state index in [-0.39, 0.29) is 0 Å². The van der Waals surface area contributed by atoms with Crippen LogP contribution < -0.4 is 5.32 Å². The molecule has 0 aromatic rings. The van der Waals surface area contributed by atoms with Crippen LogP contribution in [0.2, 0.25) is 0 Å². The van der Waals surface area contributed by atoms with E-state index in [2.05, 4.69) is 43.2 Å². The molecule has 2 unspecified atom stereocenters. The summed E-state index contributed by atoms with van der Waals surface area (Å²) < 4.78 is 0. The summed E-state index contributed by atoms with van der Waals surface area (Å²) >= 11 is 0. The number of nitrogens with zero attached hydrogens (tertiary/aromatic N) is 2. The van der Waals surface area contributed by atoms with Crippen molar-refractivity contribution in [2.45, 2.75) is 45.1 Å². The highest BCUT2D eigenvalue weighted by molar-refractivity contribution is 4.82. The van der Waals surface area contributed by atoms with Crippen molar-refractivity contribution < 1.29 is 0 Å². The molecule has 18 heavy (non-hydrogen) atoms. The molecular formula is C15H33N3. The van der Waals surface area contributed by atoms with Gasteiger partial charge >= 0.3 is 0 Å². The van der Waals surface area contributed by atoms with Gasteiger partial charge in [-0.1, -0.05) is 19.8 Å². The summed E-state index contributed by atoms with van der Waals surface area (Å²) in [7, 11) is 6.58. The zero-order valence-electron chi connectivity index (χ0n) is 12.9. The average molecular weight is 255 g/mol. The number of hydrogen-bond acceptors (Lipinski definition) is 3. The molecule has 3 heteroatoms. The summed E-state index contributed by atoms with van der Waals surface area (Å²) in [5.74, 6) is 0.859. The van der Waals surface area contributed by atoms with Crippen molar-refractivity contribution in [1.29, 1.82) is 0 Å². The highest BCUT2D eigenvalue weighted by atomic mass is 15.2. The SMILES string of the molecule is CCCNC1CCCCC1CN(C)CCN(C)C. The van der Waals surface area contributed by atoms with Gasteiger partial charge in [0.1, 0.15) is 0 Å². The van der Waals surface area contributed by atoms with Crippen molar-refractivity contribution in [2.75, 3.05) is 47.3 Å². The van der Waals surface area contributed by atoms with Crippen molar-refractivity contribution in [3.63, 3.8) is 0 Å². The molecule has 108 valence electrons. The molecular weight excluding hydrogens is 222 g/mol. The summed E-state index contributed by atoms with van der Waals surface area (Å²) in [5.41, 5.74) is 0. The van der Waals surface area contributed by atoms with Gasteiger partial charge in [-0.2, -0.15) is 0 Å². The van der Waals surface area contributed by atoms with Crippen LogP contribution in [-0.2, 0) is 0 Å². The molecule has 0 amide bonds. The highest BCUT2D eigenvalue weighted by Crippen LogP contribution is 2.25. The first kappa shape index (κ1) is 15.9. The molecule has 1 fully saturated rings. The molecule has 3 nitrogen and oxygen atoms in total. The smallest absolute Gasteiger partial charge is 0.0107 e. The predicted octanol–water partition coefficient (Wildman–Crippen LogP) is 2.04. The second-order valence-electron chi connectivity index (χ2n) is 6.17. The number of likely N-dealkylation sites (N-methyl/N-ethyl adjacent to an activating group) is 2. The molecule has 0 heterocycles. The second-order valence-corrected chi connectivity index (χ2v) is 6.17. The molecule has 0 radical (unpaired) electrons. The lowest BCUT2D eigenvalue weighted by Crippen LogP contribution is -2.44. The molecule has 2 atom stereocenters. The molecule has 0 aliphatic heterocycles. The monoisotopic (exact) mass is 255 g/mol. The van der Waals surface area contributed by atoms with E-state index in [0.717, 1.165) is 18.5 Å². The van der Waals surface area contributed by atoms with Gasteiger partial charge in [0.25, 0.3) is 0 Å². The predicted molar refractivity (Wildman–Crippen MR) is 80.1 cm³/mol. The Balaban J connectivity index is 2.31. The third kappa shape index (κ3) is 6.17. The minimum atomic E-state index is 0.764. The summed E-state index contributed by atoms with van der Waals surface area (Å²) in [6.07, 6.45) is 6.88. The lowest BCUT2D eigenvalue weighted by Gasteiger charge is -2.35. The zero-order valence-corrected chi connectivity index (χ0v) is 12.9. The average Bonchev–Trinajstić information content (AvgIpc) is 2.35. The third-order valence-corrected chi connectivity index (χ3v) is 4.04. The molecule has 1 aliphatic carbocycles. The van der Waals surface area contributed by atoms with E-state index in [1.165, 1.54) is 51.7 Å². The number of rotatable bonds is 8. The van der Waals surface area contributed by atoms with Crippen LogP contribution in [0.25, 0.3) is 0 Å². The molecule has 0 bridgehead atoms. The lowest BCUT2D eigenvalue weighted by molar-refractivity contribution is 0.180. The number of hydrogen-bond donors (Lipinski definition) is 1. The lowest BCUT2D eigenvalue weighted by atomic mass is 9.84. The summed E-state index contributed by atoms with van der Waals surface area (Å²) in [4.78, 5) is 4.78. The maximum absolute atomic E-state index is 3.75. The van der Waals surface area contributed by atoms with Gasteiger partial charge in [0.15, 0.2) is 0 Å². The Morgan fingerprint density at radius 3 is 2.44 bits per heavy atom. The summed E-state index contributed by atoms with van der Waals surface area (Å²) in [6, 6.07) is 0.764. The van der Waals surface area contributed by atoms with Crippen molar-refractivity contribution in [3.8, 4) is 0 Å². The van der Waals surface area contributed by atoms with Gasteiger partial charge in [-0.25, -0.2) is 0 Å². The molecule has 0 spiro atoms. The fraction of sp³-hybridized carbons (Fsp3) is 1.00. The Morgan fingerprint density at radius 1 is 1.06 bits per heavy atom. The van der Waals surface area contributed by atoms with Crippen molar-refractivity contribution in [2.24, 2.45) is 5.92 Å². The van der Waals surface area contributed by atoms with Crippen molar-refractivity contribution in [3.05, 3.63) is 0 Å². The Morgan fingerprint density at radius 2 is 1.78 bits per heavy atom.